The monoisotopic (exact) mass is 469 g/mol. The molecule has 4 bridgehead atoms. The first kappa shape index (κ1) is 22.6. The molecule has 0 unspecified atom stereocenters. The molecule has 1 heterocycles. The van der Waals surface area contributed by atoms with Gasteiger partial charge in [-0.05, 0) is 92.7 Å². The van der Waals surface area contributed by atoms with Crippen LogP contribution in [0, 0.1) is 35.9 Å². The van der Waals surface area contributed by atoms with Crippen molar-refractivity contribution in [3.8, 4) is 11.1 Å². The minimum atomic E-state index is -0.439. The largest absolute Gasteiger partial charge is 0.462 e. The van der Waals surface area contributed by atoms with Gasteiger partial charge < -0.3 is 10.1 Å². The number of ether oxygens (including phenoxy) is 1. The first-order valence-electron chi connectivity index (χ1n) is 12.2. The molecule has 1 aromatic heterocycles. The standard InChI is InChI=1S/C27H32FNO3S/c1-3-8-32-26(31)24-23(20-4-6-21(28)7-5-20)16(2)33-25(24)29-22(30)15-27-12-17-9-18(13-27)11-19(10-17)14-27/h4-7,17-19H,3,8-15H2,1-2H3,(H,29,30). The number of amides is 1. The summed E-state index contributed by atoms with van der Waals surface area (Å²) in [5.41, 5.74) is 1.98. The van der Waals surface area contributed by atoms with Crippen LogP contribution in [0.3, 0.4) is 0 Å². The van der Waals surface area contributed by atoms with E-state index in [2.05, 4.69) is 5.32 Å². The summed E-state index contributed by atoms with van der Waals surface area (Å²) in [4.78, 5) is 27.2. The van der Waals surface area contributed by atoms with E-state index in [1.54, 1.807) is 12.1 Å². The van der Waals surface area contributed by atoms with E-state index in [0.29, 0.717) is 35.6 Å². The summed E-state index contributed by atoms with van der Waals surface area (Å²) < 4.78 is 19.0. The fourth-order valence-electron chi connectivity index (χ4n) is 7.08. The fraction of sp³-hybridized carbons (Fsp3) is 0.556. The molecule has 0 radical (unpaired) electrons. The van der Waals surface area contributed by atoms with Crippen LogP contribution in [0.2, 0.25) is 0 Å². The van der Waals surface area contributed by atoms with Crippen LogP contribution in [0.1, 0.15) is 73.5 Å². The van der Waals surface area contributed by atoms with Crippen molar-refractivity contribution in [3.63, 3.8) is 0 Å². The van der Waals surface area contributed by atoms with Gasteiger partial charge in [0.2, 0.25) is 5.91 Å². The number of hydrogen-bond acceptors (Lipinski definition) is 4. The molecule has 4 aliphatic rings. The van der Waals surface area contributed by atoms with Gasteiger partial charge in [-0.2, -0.15) is 0 Å². The summed E-state index contributed by atoms with van der Waals surface area (Å²) in [5.74, 6) is 1.60. The fourth-order valence-corrected chi connectivity index (χ4v) is 8.16. The number of rotatable bonds is 7. The number of anilines is 1. The second-order valence-corrected chi connectivity index (χ2v) is 11.7. The zero-order valence-corrected chi connectivity index (χ0v) is 20.2. The summed E-state index contributed by atoms with van der Waals surface area (Å²) in [5, 5.41) is 3.63. The predicted octanol–water partition coefficient (Wildman–Crippen LogP) is 6.97. The molecule has 1 amide bonds. The number of halogens is 1. The number of hydrogen-bond donors (Lipinski definition) is 1. The minimum Gasteiger partial charge on any atom is -0.462 e. The Bertz CT molecular complexity index is 1020. The summed E-state index contributed by atoms with van der Waals surface area (Å²) in [6.07, 6.45) is 8.79. The highest BCUT2D eigenvalue weighted by Gasteiger charge is 2.51. The van der Waals surface area contributed by atoms with Gasteiger partial charge in [0.15, 0.2) is 0 Å². The van der Waals surface area contributed by atoms with E-state index >= 15 is 0 Å². The molecule has 1 N–H and O–H groups in total. The van der Waals surface area contributed by atoms with Gasteiger partial charge in [-0.1, -0.05) is 19.1 Å². The van der Waals surface area contributed by atoms with Gasteiger partial charge in [0.05, 0.1) is 6.61 Å². The highest BCUT2D eigenvalue weighted by atomic mass is 32.1. The maximum atomic E-state index is 13.5. The highest BCUT2D eigenvalue weighted by molar-refractivity contribution is 7.17. The molecule has 4 saturated carbocycles. The van der Waals surface area contributed by atoms with E-state index in [4.69, 9.17) is 4.74 Å². The molecule has 0 aliphatic heterocycles. The van der Waals surface area contributed by atoms with Crippen molar-refractivity contribution in [1.82, 2.24) is 0 Å². The second kappa shape index (κ2) is 8.86. The van der Waals surface area contributed by atoms with Gasteiger partial charge in [0, 0.05) is 16.9 Å². The first-order valence-corrected chi connectivity index (χ1v) is 13.0. The lowest BCUT2D eigenvalue weighted by Gasteiger charge is -2.56. The third-order valence-corrected chi connectivity index (χ3v) is 8.83. The Kier molecular flexibility index (Phi) is 6.06. The van der Waals surface area contributed by atoms with Crippen molar-refractivity contribution in [2.45, 2.75) is 65.2 Å². The smallest absolute Gasteiger partial charge is 0.341 e. The van der Waals surface area contributed by atoms with Crippen molar-refractivity contribution >= 4 is 28.2 Å². The Morgan fingerprint density at radius 2 is 1.70 bits per heavy atom. The normalized spacial score (nSPS) is 27.5. The van der Waals surface area contributed by atoms with Crippen molar-refractivity contribution in [2.24, 2.45) is 23.2 Å². The lowest BCUT2D eigenvalue weighted by atomic mass is 9.49. The molecular weight excluding hydrogens is 437 g/mol. The van der Waals surface area contributed by atoms with E-state index in [-0.39, 0.29) is 17.1 Å². The van der Waals surface area contributed by atoms with Crippen molar-refractivity contribution in [2.75, 3.05) is 11.9 Å². The number of benzene rings is 1. The van der Waals surface area contributed by atoms with E-state index in [0.717, 1.165) is 28.2 Å². The van der Waals surface area contributed by atoms with Gasteiger partial charge >= 0.3 is 5.97 Å². The predicted molar refractivity (Wildman–Crippen MR) is 129 cm³/mol. The molecule has 0 spiro atoms. The van der Waals surface area contributed by atoms with Crippen molar-refractivity contribution in [3.05, 3.63) is 40.5 Å². The number of carbonyl (C=O) groups is 2. The first-order chi connectivity index (χ1) is 15.9. The van der Waals surface area contributed by atoms with Crippen LogP contribution in [0.25, 0.3) is 11.1 Å². The van der Waals surface area contributed by atoms with Crippen LogP contribution >= 0.6 is 11.3 Å². The summed E-state index contributed by atoms with van der Waals surface area (Å²) in [6, 6.07) is 6.11. The van der Waals surface area contributed by atoms with Crippen LogP contribution in [0.4, 0.5) is 9.39 Å². The number of nitrogens with one attached hydrogen (secondary N) is 1. The second-order valence-electron chi connectivity index (χ2n) is 10.5. The molecule has 4 fully saturated rings. The maximum Gasteiger partial charge on any atom is 0.341 e. The molecule has 6 rings (SSSR count). The molecule has 176 valence electrons. The molecular formula is C27H32FNO3S. The van der Waals surface area contributed by atoms with Crippen LogP contribution in [-0.4, -0.2) is 18.5 Å². The number of carbonyl (C=O) groups excluding carboxylic acids is 2. The van der Waals surface area contributed by atoms with Crippen LogP contribution in [-0.2, 0) is 9.53 Å². The quantitative estimate of drug-likeness (QED) is 0.445. The molecule has 6 heteroatoms. The van der Waals surface area contributed by atoms with E-state index in [1.807, 2.05) is 13.8 Å². The average molecular weight is 470 g/mol. The number of esters is 1. The molecule has 2 aromatic rings. The van der Waals surface area contributed by atoms with Crippen molar-refractivity contribution < 1.29 is 18.7 Å². The summed E-state index contributed by atoms with van der Waals surface area (Å²) >= 11 is 1.40. The average Bonchev–Trinajstić information content (AvgIpc) is 3.06. The Balaban J connectivity index is 1.41. The van der Waals surface area contributed by atoms with E-state index in [9.17, 15) is 14.0 Å². The number of aryl methyl sites for hydroxylation is 1. The Hall–Kier alpha value is -2.21. The minimum absolute atomic E-state index is 0.00611. The van der Waals surface area contributed by atoms with Crippen LogP contribution in [0.5, 0.6) is 0 Å². The summed E-state index contributed by atoms with van der Waals surface area (Å²) in [7, 11) is 0. The zero-order valence-electron chi connectivity index (χ0n) is 19.4. The molecule has 1 aromatic carbocycles. The molecule has 4 aliphatic carbocycles. The molecule has 0 atom stereocenters. The highest BCUT2D eigenvalue weighted by Crippen LogP contribution is 2.61. The topological polar surface area (TPSA) is 55.4 Å². The molecule has 0 saturated heterocycles. The van der Waals surface area contributed by atoms with Gasteiger partial charge in [0.1, 0.15) is 16.4 Å². The summed E-state index contributed by atoms with van der Waals surface area (Å²) in [6.45, 7) is 4.19. The lowest BCUT2D eigenvalue weighted by molar-refractivity contribution is -0.124. The van der Waals surface area contributed by atoms with Gasteiger partial charge in [-0.3, -0.25) is 4.79 Å². The van der Waals surface area contributed by atoms with Crippen molar-refractivity contribution in [1.29, 1.82) is 0 Å². The zero-order chi connectivity index (χ0) is 23.2. The van der Waals surface area contributed by atoms with Crippen LogP contribution in [0.15, 0.2) is 24.3 Å². The molecule has 4 nitrogen and oxygen atoms in total. The maximum absolute atomic E-state index is 13.5. The third-order valence-electron chi connectivity index (χ3n) is 7.81. The number of thiophene rings is 1. The Morgan fingerprint density at radius 3 is 2.27 bits per heavy atom. The Labute approximate surface area is 198 Å². The van der Waals surface area contributed by atoms with Gasteiger partial charge in [-0.15, -0.1) is 11.3 Å². The SMILES string of the molecule is CCCOC(=O)c1c(NC(=O)CC23CC4CC(CC(C4)C2)C3)sc(C)c1-c1ccc(F)cc1. The van der Waals surface area contributed by atoms with E-state index in [1.165, 1.54) is 62.0 Å². The lowest BCUT2D eigenvalue weighted by Crippen LogP contribution is -2.47. The van der Waals surface area contributed by atoms with E-state index < -0.39 is 5.97 Å². The molecule has 33 heavy (non-hydrogen) atoms. The third kappa shape index (κ3) is 4.46. The Morgan fingerprint density at radius 1 is 1.09 bits per heavy atom. The van der Waals surface area contributed by atoms with Gasteiger partial charge in [0.25, 0.3) is 0 Å². The van der Waals surface area contributed by atoms with Crippen LogP contribution < -0.4 is 5.32 Å². The van der Waals surface area contributed by atoms with Gasteiger partial charge in [-0.25, -0.2) is 9.18 Å².